The molecule has 4 rings (SSSR count). The lowest BCUT2D eigenvalue weighted by molar-refractivity contribution is -0.137. The Morgan fingerprint density at radius 1 is 1.13 bits per heavy atom. The number of hydrogen-bond acceptors (Lipinski definition) is 6. The highest BCUT2D eigenvalue weighted by atomic mass is 19.4. The number of anilines is 4. The molecule has 1 unspecified atom stereocenters. The van der Waals surface area contributed by atoms with Crippen molar-refractivity contribution in [1.82, 2.24) is 14.9 Å². The monoisotopic (exact) mass is 530 g/mol. The molecule has 0 aliphatic carbocycles. The second kappa shape index (κ2) is 12.3. The Labute approximate surface area is 224 Å². The van der Waals surface area contributed by atoms with Gasteiger partial charge in [-0.2, -0.15) is 18.2 Å². The van der Waals surface area contributed by atoms with E-state index in [1.165, 1.54) is 18.5 Å². The van der Waals surface area contributed by atoms with Crippen LogP contribution in [0, 0.1) is 5.92 Å². The normalized spacial score (nSPS) is 18.8. The zero-order valence-electron chi connectivity index (χ0n) is 22.9. The zero-order valence-corrected chi connectivity index (χ0v) is 22.9. The maximum atomic E-state index is 13.7. The minimum absolute atomic E-state index is 0.147. The van der Waals surface area contributed by atoms with E-state index in [9.17, 15) is 13.2 Å². The standard InChI is InChI=1S/C29H41F3N6/c1-5-22-18-24(37-16-12-20(3)13-17-37)10-11-26(22)35-28-34-19-25(29(30,31)32)27(36-28)33-14-7-15-38-21(4)8-9-23(38)6-2/h10-11,18-20,23H,4-9,12-17H2,1-3H3,(H2,33,34,35,36). The third-order valence-corrected chi connectivity index (χ3v) is 7.91. The van der Waals surface area contributed by atoms with Gasteiger partial charge in [0, 0.05) is 55.5 Å². The van der Waals surface area contributed by atoms with Crippen molar-refractivity contribution < 1.29 is 13.2 Å². The molecule has 2 N–H and O–H groups in total. The van der Waals surface area contributed by atoms with Crippen molar-refractivity contribution in [3.63, 3.8) is 0 Å². The molecule has 6 nitrogen and oxygen atoms in total. The van der Waals surface area contributed by atoms with E-state index in [0.717, 1.165) is 74.4 Å². The minimum atomic E-state index is -4.54. The number of allylic oxidation sites excluding steroid dienone is 1. The van der Waals surface area contributed by atoms with Crippen LogP contribution < -0.4 is 15.5 Å². The molecule has 0 radical (unpaired) electrons. The van der Waals surface area contributed by atoms with E-state index >= 15 is 0 Å². The van der Waals surface area contributed by atoms with E-state index in [1.807, 2.05) is 6.07 Å². The second-order valence-electron chi connectivity index (χ2n) is 10.6. The SMILES string of the molecule is C=C1CCC(CC)N1CCCNc1nc(Nc2ccc(N3CCC(C)CC3)cc2CC)ncc1C(F)(F)F. The largest absolute Gasteiger partial charge is 0.421 e. The molecule has 2 aliphatic heterocycles. The van der Waals surface area contributed by atoms with Crippen LogP contribution in [0.15, 0.2) is 36.7 Å². The van der Waals surface area contributed by atoms with E-state index in [4.69, 9.17) is 0 Å². The van der Waals surface area contributed by atoms with Gasteiger partial charge >= 0.3 is 6.18 Å². The molecule has 208 valence electrons. The average molecular weight is 531 g/mol. The van der Waals surface area contributed by atoms with Crippen LogP contribution in [-0.4, -0.2) is 47.1 Å². The highest BCUT2D eigenvalue weighted by Gasteiger charge is 2.35. The molecule has 9 heteroatoms. The number of likely N-dealkylation sites (tertiary alicyclic amines) is 1. The fourth-order valence-corrected chi connectivity index (χ4v) is 5.48. The summed E-state index contributed by atoms with van der Waals surface area (Å²) >= 11 is 0. The van der Waals surface area contributed by atoms with Gasteiger partial charge in [-0.05, 0) is 74.6 Å². The van der Waals surface area contributed by atoms with Crippen molar-refractivity contribution in [3.8, 4) is 0 Å². The van der Waals surface area contributed by atoms with Gasteiger partial charge in [0.05, 0.1) is 0 Å². The third-order valence-electron chi connectivity index (χ3n) is 7.91. The molecule has 2 fully saturated rings. The van der Waals surface area contributed by atoms with Crippen LogP contribution in [0.4, 0.5) is 36.3 Å². The van der Waals surface area contributed by atoms with Gasteiger partial charge < -0.3 is 20.4 Å². The number of nitrogens with one attached hydrogen (secondary N) is 2. The summed E-state index contributed by atoms with van der Waals surface area (Å²) in [4.78, 5) is 13.0. The summed E-state index contributed by atoms with van der Waals surface area (Å²) in [6.07, 6.45) is 3.29. The Bertz CT molecular complexity index is 1090. The molecule has 2 aromatic rings. The highest BCUT2D eigenvalue weighted by Crippen LogP contribution is 2.35. The molecule has 1 aromatic carbocycles. The topological polar surface area (TPSA) is 56.3 Å². The van der Waals surface area contributed by atoms with E-state index in [1.54, 1.807) is 0 Å². The van der Waals surface area contributed by atoms with Crippen molar-refractivity contribution in [2.24, 2.45) is 5.92 Å². The highest BCUT2D eigenvalue weighted by molar-refractivity contribution is 5.65. The molecule has 1 atom stereocenters. The summed E-state index contributed by atoms with van der Waals surface area (Å²) < 4.78 is 41.1. The molecule has 38 heavy (non-hydrogen) atoms. The summed E-state index contributed by atoms with van der Waals surface area (Å²) in [5.74, 6) is 0.707. The molecular formula is C29H41F3N6. The number of rotatable bonds is 10. The predicted octanol–water partition coefficient (Wildman–Crippen LogP) is 7.23. The lowest BCUT2D eigenvalue weighted by Crippen LogP contribution is -2.32. The van der Waals surface area contributed by atoms with Crippen LogP contribution in [0.2, 0.25) is 0 Å². The number of nitrogens with zero attached hydrogens (tertiary/aromatic N) is 4. The number of aromatic nitrogens is 2. The fourth-order valence-electron chi connectivity index (χ4n) is 5.48. The summed E-state index contributed by atoms with van der Waals surface area (Å²) in [6.45, 7) is 13.9. The van der Waals surface area contributed by atoms with Crippen LogP contribution >= 0.6 is 0 Å². The zero-order chi connectivity index (χ0) is 27.3. The number of halogens is 3. The van der Waals surface area contributed by atoms with Gasteiger partial charge in [0.1, 0.15) is 11.4 Å². The van der Waals surface area contributed by atoms with Crippen molar-refractivity contribution >= 4 is 23.1 Å². The number of alkyl halides is 3. The molecule has 0 saturated carbocycles. The molecule has 2 aliphatic rings. The van der Waals surface area contributed by atoms with Gasteiger partial charge in [-0.25, -0.2) is 4.98 Å². The number of hydrogen-bond donors (Lipinski definition) is 2. The van der Waals surface area contributed by atoms with Crippen molar-refractivity contribution in [2.75, 3.05) is 41.7 Å². The smallest absolute Gasteiger partial charge is 0.372 e. The molecule has 0 amide bonds. The van der Waals surface area contributed by atoms with Crippen molar-refractivity contribution in [2.45, 2.75) is 77.9 Å². The van der Waals surface area contributed by atoms with Crippen LogP contribution in [0.1, 0.15) is 70.4 Å². The number of benzene rings is 1. The average Bonchev–Trinajstić information content (AvgIpc) is 3.26. The van der Waals surface area contributed by atoms with Gasteiger partial charge in [0.2, 0.25) is 5.95 Å². The molecule has 0 spiro atoms. The number of piperidine rings is 1. The quantitative estimate of drug-likeness (QED) is 0.316. The summed E-state index contributed by atoms with van der Waals surface area (Å²) in [7, 11) is 0. The van der Waals surface area contributed by atoms with Gasteiger partial charge in [-0.3, -0.25) is 0 Å². The molecule has 1 aromatic heterocycles. The van der Waals surface area contributed by atoms with Crippen molar-refractivity contribution in [1.29, 1.82) is 0 Å². The predicted molar refractivity (Wildman–Crippen MR) is 149 cm³/mol. The first kappa shape index (κ1) is 28.0. The summed E-state index contributed by atoms with van der Waals surface area (Å²) in [5, 5.41) is 6.09. The first-order valence-electron chi connectivity index (χ1n) is 14.0. The van der Waals surface area contributed by atoms with Crippen molar-refractivity contribution in [3.05, 3.63) is 47.8 Å². The van der Waals surface area contributed by atoms with Gasteiger partial charge in [-0.15, -0.1) is 0 Å². The minimum Gasteiger partial charge on any atom is -0.372 e. The van der Waals surface area contributed by atoms with Gasteiger partial charge in [-0.1, -0.05) is 27.4 Å². The lowest BCUT2D eigenvalue weighted by atomic mass is 9.98. The lowest BCUT2D eigenvalue weighted by Gasteiger charge is -2.32. The first-order valence-corrected chi connectivity index (χ1v) is 14.0. The van der Waals surface area contributed by atoms with Crippen LogP contribution in [0.3, 0.4) is 0 Å². The molecule has 0 bridgehead atoms. The summed E-state index contributed by atoms with van der Waals surface area (Å²) in [6, 6.07) is 6.68. The van der Waals surface area contributed by atoms with E-state index in [2.05, 4.69) is 69.9 Å². The van der Waals surface area contributed by atoms with E-state index in [-0.39, 0.29) is 11.8 Å². The van der Waals surface area contributed by atoms with Crippen LogP contribution in [-0.2, 0) is 12.6 Å². The third kappa shape index (κ3) is 6.72. The first-order chi connectivity index (χ1) is 18.2. The fraction of sp³-hybridized carbons (Fsp3) is 0.586. The molecule has 3 heterocycles. The van der Waals surface area contributed by atoms with E-state index in [0.29, 0.717) is 19.0 Å². The maximum absolute atomic E-state index is 13.7. The number of aryl methyl sites for hydroxylation is 1. The Morgan fingerprint density at radius 3 is 2.58 bits per heavy atom. The van der Waals surface area contributed by atoms with Crippen LogP contribution in [0.5, 0.6) is 0 Å². The van der Waals surface area contributed by atoms with Crippen LogP contribution in [0.25, 0.3) is 0 Å². The maximum Gasteiger partial charge on any atom is 0.421 e. The Hall–Kier alpha value is -2.97. The Morgan fingerprint density at radius 2 is 1.89 bits per heavy atom. The Kier molecular flexibility index (Phi) is 9.05. The molecule has 2 saturated heterocycles. The Balaban J connectivity index is 1.45. The molecular weight excluding hydrogens is 489 g/mol. The van der Waals surface area contributed by atoms with Gasteiger partial charge in [0.25, 0.3) is 0 Å². The summed E-state index contributed by atoms with van der Waals surface area (Å²) in [5.41, 5.74) is 3.33. The van der Waals surface area contributed by atoms with Gasteiger partial charge in [0.15, 0.2) is 0 Å². The van der Waals surface area contributed by atoms with E-state index < -0.39 is 11.7 Å². The second-order valence-corrected chi connectivity index (χ2v) is 10.6.